The molecule has 0 spiro atoms. The second-order valence-electron chi connectivity index (χ2n) is 10.1. The number of hydrogen-bond acceptors (Lipinski definition) is 6. The minimum atomic E-state index is -0.229. The van der Waals surface area contributed by atoms with Gasteiger partial charge in [-0.05, 0) is 61.9 Å². The van der Waals surface area contributed by atoms with Gasteiger partial charge in [0.2, 0.25) is 0 Å². The lowest BCUT2D eigenvalue weighted by atomic mass is 9.92. The topological polar surface area (TPSA) is 101 Å². The summed E-state index contributed by atoms with van der Waals surface area (Å²) in [5.41, 5.74) is 6.34. The van der Waals surface area contributed by atoms with Crippen molar-refractivity contribution in [3.8, 4) is 22.6 Å². The van der Waals surface area contributed by atoms with Gasteiger partial charge in [0.15, 0.2) is 5.65 Å². The van der Waals surface area contributed by atoms with E-state index in [-0.39, 0.29) is 6.09 Å². The van der Waals surface area contributed by atoms with E-state index in [0.717, 1.165) is 84.1 Å². The summed E-state index contributed by atoms with van der Waals surface area (Å²) in [5, 5.41) is 4.20. The Bertz CT molecular complexity index is 1570. The van der Waals surface area contributed by atoms with Crippen molar-refractivity contribution in [2.24, 2.45) is 5.92 Å². The second kappa shape index (κ2) is 11.1. The fourth-order valence-electron chi connectivity index (χ4n) is 5.14. The molecule has 5 aromatic rings. The number of H-pyrrole nitrogens is 1. The van der Waals surface area contributed by atoms with Gasteiger partial charge < -0.3 is 14.6 Å². The molecule has 1 fully saturated rings. The Hall–Kier alpha value is -4.53. The van der Waals surface area contributed by atoms with Crippen LogP contribution >= 0.6 is 0 Å². The molecular weight excluding hydrogens is 490 g/mol. The van der Waals surface area contributed by atoms with Crippen LogP contribution in [-0.2, 0) is 17.8 Å². The van der Waals surface area contributed by atoms with E-state index in [9.17, 15) is 4.79 Å². The van der Waals surface area contributed by atoms with Gasteiger partial charge in [-0.1, -0.05) is 36.4 Å². The largest absolute Gasteiger partial charge is 0.445 e. The highest BCUT2D eigenvalue weighted by molar-refractivity contribution is 5.78. The molecule has 0 unspecified atom stereocenters. The van der Waals surface area contributed by atoms with Crippen LogP contribution in [0.3, 0.4) is 0 Å². The van der Waals surface area contributed by atoms with Crippen molar-refractivity contribution in [2.75, 3.05) is 13.1 Å². The molecule has 5 heterocycles. The molecule has 0 radical (unpaired) electrons. The molecule has 1 aliphatic heterocycles. The number of fused-ring (bicyclic) bond motifs is 1. The van der Waals surface area contributed by atoms with Gasteiger partial charge in [0, 0.05) is 37.0 Å². The van der Waals surface area contributed by atoms with Crippen LogP contribution in [0.25, 0.3) is 28.3 Å². The van der Waals surface area contributed by atoms with Gasteiger partial charge in [0.25, 0.3) is 0 Å². The van der Waals surface area contributed by atoms with Gasteiger partial charge in [0.1, 0.15) is 18.8 Å². The first-order chi connectivity index (χ1) is 19.1. The number of aryl methyl sites for hydroxylation is 2. The number of carbonyl (C=O) groups excluding carboxylic acids is 1. The molecule has 0 saturated carbocycles. The molecule has 198 valence electrons. The smallest absolute Gasteiger partial charge is 0.410 e. The van der Waals surface area contributed by atoms with E-state index in [1.807, 2.05) is 78.7 Å². The zero-order valence-electron chi connectivity index (χ0n) is 22.0. The summed E-state index contributed by atoms with van der Waals surface area (Å²) in [4.78, 5) is 32.0. The molecule has 1 amide bonds. The molecule has 0 bridgehead atoms. The average Bonchev–Trinajstić information content (AvgIpc) is 3.62. The highest BCUT2D eigenvalue weighted by Gasteiger charge is 2.24. The highest BCUT2D eigenvalue weighted by Crippen LogP contribution is 2.31. The van der Waals surface area contributed by atoms with Crippen LogP contribution in [-0.4, -0.2) is 53.6 Å². The molecule has 6 rings (SSSR count). The van der Waals surface area contributed by atoms with Gasteiger partial charge >= 0.3 is 6.09 Å². The fourth-order valence-corrected chi connectivity index (χ4v) is 5.14. The third-order valence-electron chi connectivity index (χ3n) is 7.32. The van der Waals surface area contributed by atoms with Crippen molar-refractivity contribution >= 4 is 11.7 Å². The lowest BCUT2D eigenvalue weighted by molar-refractivity contribution is 0.0815. The first-order valence-corrected chi connectivity index (χ1v) is 13.4. The number of aromatic amines is 1. The van der Waals surface area contributed by atoms with Gasteiger partial charge in [0.05, 0.1) is 17.1 Å². The number of imidazole rings is 1. The monoisotopic (exact) mass is 521 g/mol. The van der Waals surface area contributed by atoms with Crippen molar-refractivity contribution in [3.63, 3.8) is 0 Å². The van der Waals surface area contributed by atoms with Crippen molar-refractivity contribution in [2.45, 2.75) is 39.2 Å². The van der Waals surface area contributed by atoms with E-state index in [1.165, 1.54) is 0 Å². The number of hydrogen-bond donors (Lipinski definition) is 1. The molecule has 9 nitrogen and oxygen atoms in total. The maximum atomic E-state index is 12.5. The highest BCUT2D eigenvalue weighted by atomic mass is 16.6. The summed E-state index contributed by atoms with van der Waals surface area (Å²) in [6.07, 6.45) is 6.98. The number of piperidine rings is 1. The molecule has 1 aliphatic rings. The minimum absolute atomic E-state index is 0.229. The fraction of sp³-hybridized carbons (Fsp3) is 0.300. The Labute approximate surface area is 226 Å². The SMILES string of the molecule is Cc1cccc(-c2[nH]c(CCC3CCN(C(=O)OCc4ccccc4)CC3)nc2-c2ccn3ncnc3c2)n1. The lowest BCUT2D eigenvalue weighted by Gasteiger charge is -2.31. The minimum Gasteiger partial charge on any atom is -0.445 e. The number of pyridine rings is 2. The molecule has 39 heavy (non-hydrogen) atoms. The normalized spacial score (nSPS) is 14.1. The van der Waals surface area contributed by atoms with Gasteiger partial charge in [-0.3, -0.25) is 4.98 Å². The average molecular weight is 522 g/mol. The standard InChI is InChI=1S/C30H31N7O2/c1-21-6-5-9-25(33-21)29-28(24-14-17-37-27(18-24)31-20-32-37)34-26(35-29)11-10-22-12-15-36(16-13-22)30(38)39-19-23-7-3-2-4-8-23/h2-9,14,17-18,20,22H,10-13,15-16,19H2,1H3,(H,34,35). The van der Waals surface area contributed by atoms with Crippen molar-refractivity contribution in [3.05, 3.63) is 90.3 Å². The zero-order chi connectivity index (χ0) is 26.6. The number of rotatable bonds is 7. The molecule has 1 saturated heterocycles. The summed E-state index contributed by atoms with van der Waals surface area (Å²) in [5.74, 6) is 1.47. The van der Waals surface area contributed by atoms with Gasteiger partial charge in [-0.2, -0.15) is 5.10 Å². The first-order valence-electron chi connectivity index (χ1n) is 13.4. The molecule has 1 aromatic carbocycles. The van der Waals surface area contributed by atoms with E-state index in [0.29, 0.717) is 12.5 Å². The maximum Gasteiger partial charge on any atom is 0.410 e. The van der Waals surface area contributed by atoms with E-state index in [2.05, 4.69) is 15.1 Å². The van der Waals surface area contributed by atoms with E-state index >= 15 is 0 Å². The summed E-state index contributed by atoms with van der Waals surface area (Å²) >= 11 is 0. The van der Waals surface area contributed by atoms with Crippen LogP contribution in [0.5, 0.6) is 0 Å². The number of aromatic nitrogens is 6. The van der Waals surface area contributed by atoms with Crippen LogP contribution in [0.4, 0.5) is 4.79 Å². The maximum absolute atomic E-state index is 12.5. The summed E-state index contributed by atoms with van der Waals surface area (Å²) in [7, 11) is 0. The van der Waals surface area contributed by atoms with E-state index in [4.69, 9.17) is 14.7 Å². The number of nitrogens with one attached hydrogen (secondary N) is 1. The molecule has 9 heteroatoms. The number of likely N-dealkylation sites (tertiary alicyclic amines) is 1. The number of nitrogens with zero attached hydrogens (tertiary/aromatic N) is 6. The quantitative estimate of drug-likeness (QED) is 0.305. The first kappa shape index (κ1) is 24.8. The van der Waals surface area contributed by atoms with E-state index < -0.39 is 0 Å². The second-order valence-corrected chi connectivity index (χ2v) is 10.1. The summed E-state index contributed by atoms with van der Waals surface area (Å²) in [6, 6.07) is 19.8. The molecule has 0 aliphatic carbocycles. The van der Waals surface area contributed by atoms with Crippen molar-refractivity contribution < 1.29 is 9.53 Å². The predicted molar refractivity (Wildman–Crippen MR) is 148 cm³/mol. The van der Waals surface area contributed by atoms with Crippen molar-refractivity contribution in [1.29, 1.82) is 0 Å². The molecule has 0 atom stereocenters. The molecular formula is C30H31N7O2. The number of carbonyl (C=O) groups is 1. The van der Waals surface area contributed by atoms with E-state index in [1.54, 1.807) is 10.8 Å². The summed E-state index contributed by atoms with van der Waals surface area (Å²) in [6.45, 7) is 3.74. The zero-order valence-corrected chi connectivity index (χ0v) is 22.0. The van der Waals surface area contributed by atoms with Gasteiger partial charge in [-0.25, -0.2) is 19.3 Å². The van der Waals surface area contributed by atoms with Crippen LogP contribution in [0, 0.1) is 12.8 Å². The lowest BCUT2D eigenvalue weighted by Crippen LogP contribution is -2.38. The van der Waals surface area contributed by atoms with Crippen LogP contribution in [0.15, 0.2) is 73.2 Å². The third kappa shape index (κ3) is 5.67. The molecule has 1 N–H and O–H groups in total. The number of ether oxygens (including phenoxy) is 1. The Kier molecular flexibility index (Phi) is 7.03. The number of amides is 1. The van der Waals surface area contributed by atoms with Crippen molar-refractivity contribution in [1.82, 2.24) is 34.4 Å². The Balaban J connectivity index is 1.11. The molecule has 4 aromatic heterocycles. The van der Waals surface area contributed by atoms with Gasteiger partial charge in [-0.15, -0.1) is 0 Å². The Morgan fingerprint density at radius 1 is 1.05 bits per heavy atom. The Morgan fingerprint density at radius 3 is 2.72 bits per heavy atom. The Morgan fingerprint density at radius 2 is 1.90 bits per heavy atom. The third-order valence-corrected chi connectivity index (χ3v) is 7.32. The van der Waals surface area contributed by atoms with Crippen LogP contribution < -0.4 is 0 Å². The summed E-state index contributed by atoms with van der Waals surface area (Å²) < 4.78 is 7.26. The van der Waals surface area contributed by atoms with Crippen LogP contribution in [0.2, 0.25) is 0 Å². The van der Waals surface area contributed by atoms with Crippen LogP contribution in [0.1, 0.15) is 36.3 Å². The predicted octanol–water partition coefficient (Wildman–Crippen LogP) is 5.47. The number of benzene rings is 1.